The number of nitrogens with one attached hydrogen (secondary N) is 1. The SMILES string of the molecule is Cc1noc(Cn2c(=O)c3c(ncn3[C@@H](C)C(=O)Nc3csc(-c4cnc(C(C)(F)F)c(C)c4)n3)n(C)c2=O)n1. The highest BCUT2D eigenvalue weighted by Gasteiger charge is 2.29. The van der Waals surface area contributed by atoms with Gasteiger partial charge in [-0.1, -0.05) is 5.16 Å². The molecule has 5 rings (SSSR count). The Hall–Kier alpha value is -4.60. The van der Waals surface area contributed by atoms with Crippen LogP contribution in [0.2, 0.25) is 0 Å². The van der Waals surface area contributed by atoms with E-state index in [9.17, 15) is 23.2 Å². The van der Waals surface area contributed by atoms with Crippen LogP contribution in [0.25, 0.3) is 21.7 Å². The van der Waals surface area contributed by atoms with Gasteiger partial charge in [-0.2, -0.15) is 13.8 Å². The lowest BCUT2D eigenvalue weighted by Crippen LogP contribution is -2.40. The van der Waals surface area contributed by atoms with E-state index in [2.05, 4.69) is 30.4 Å². The molecule has 0 bridgehead atoms. The summed E-state index contributed by atoms with van der Waals surface area (Å²) in [6.07, 6.45) is 2.62. The zero-order valence-electron chi connectivity index (χ0n) is 22.0. The van der Waals surface area contributed by atoms with Crippen molar-refractivity contribution in [3.05, 3.63) is 67.8 Å². The minimum Gasteiger partial charge on any atom is -0.337 e. The lowest BCUT2D eigenvalue weighted by Gasteiger charge is -2.14. The molecule has 5 aromatic heterocycles. The molecule has 5 aromatic rings. The average molecular weight is 572 g/mol. The molecule has 1 amide bonds. The average Bonchev–Trinajstić information content (AvgIpc) is 3.64. The first-order chi connectivity index (χ1) is 18.8. The molecule has 0 aliphatic heterocycles. The number of imidazole rings is 1. The van der Waals surface area contributed by atoms with Gasteiger partial charge in [0.1, 0.15) is 29.1 Å². The third-order valence-corrected chi connectivity index (χ3v) is 7.11. The zero-order chi connectivity index (χ0) is 28.9. The van der Waals surface area contributed by atoms with Crippen LogP contribution < -0.4 is 16.6 Å². The van der Waals surface area contributed by atoms with Crippen LogP contribution in [-0.4, -0.2) is 44.7 Å². The first kappa shape index (κ1) is 27.0. The van der Waals surface area contributed by atoms with E-state index in [-0.39, 0.29) is 35.1 Å². The maximum atomic E-state index is 13.7. The van der Waals surface area contributed by atoms with Crippen molar-refractivity contribution in [2.24, 2.45) is 7.05 Å². The van der Waals surface area contributed by atoms with Gasteiger partial charge in [0.25, 0.3) is 11.5 Å². The Labute approximate surface area is 228 Å². The van der Waals surface area contributed by atoms with Crippen LogP contribution in [0.4, 0.5) is 14.6 Å². The Balaban J connectivity index is 1.41. The number of nitrogens with zero attached hydrogens (tertiary/aromatic N) is 8. The van der Waals surface area contributed by atoms with Crippen LogP contribution >= 0.6 is 11.3 Å². The lowest BCUT2D eigenvalue weighted by atomic mass is 10.1. The molecular weight excluding hydrogens is 548 g/mol. The summed E-state index contributed by atoms with van der Waals surface area (Å²) < 4.78 is 35.9. The Morgan fingerprint density at radius 1 is 1.23 bits per heavy atom. The van der Waals surface area contributed by atoms with Crippen molar-refractivity contribution < 1.29 is 18.1 Å². The summed E-state index contributed by atoms with van der Waals surface area (Å²) in [6.45, 7) is 5.26. The molecule has 0 saturated heterocycles. The quantitative estimate of drug-likeness (QED) is 0.310. The standard InChI is InChI=1S/C24H23F2N9O4S/c1-11-6-14(7-27-18(11)24(4,25)26)21-31-15(9-40-21)30-20(36)12(2)35-10-28-19-17(35)22(37)34(23(38)33(19)5)8-16-29-13(3)32-39-16/h6-7,9-10,12H,8H2,1-5H3,(H,30,36)/t12-/m0/s1. The number of carbonyl (C=O) groups excluding carboxylic acids is 1. The number of thiazole rings is 1. The number of aromatic nitrogens is 8. The van der Waals surface area contributed by atoms with Gasteiger partial charge in [-0.25, -0.2) is 19.3 Å². The summed E-state index contributed by atoms with van der Waals surface area (Å²) in [4.78, 5) is 55.9. The number of halogens is 2. The maximum absolute atomic E-state index is 13.7. The summed E-state index contributed by atoms with van der Waals surface area (Å²) in [6, 6.07) is 0.643. The first-order valence-corrected chi connectivity index (χ1v) is 12.8. The minimum atomic E-state index is -3.07. The number of pyridine rings is 1. The lowest BCUT2D eigenvalue weighted by molar-refractivity contribution is -0.118. The van der Waals surface area contributed by atoms with Gasteiger partial charge in [-0.15, -0.1) is 11.3 Å². The largest absolute Gasteiger partial charge is 0.337 e. The summed E-state index contributed by atoms with van der Waals surface area (Å²) in [5.41, 5.74) is -0.631. The van der Waals surface area contributed by atoms with Gasteiger partial charge >= 0.3 is 5.69 Å². The second-order valence-corrected chi connectivity index (χ2v) is 10.1. The summed E-state index contributed by atoms with van der Waals surface area (Å²) in [5.74, 6) is -2.90. The molecule has 13 nitrogen and oxygen atoms in total. The van der Waals surface area contributed by atoms with Gasteiger partial charge < -0.3 is 14.4 Å². The van der Waals surface area contributed by atoms with Crippen molar-refractivity contribution in [3.63, 3.8) is 0 Å². The van der Waals surface area contributed by atoms with Crippen LogP contribution in [0.3, 0.4) is 0 Å². The molecule has 0 aromatic carbocycles. The van der Waals surface area contributed by atoms with Crippen molar-refractivity contribution in [2.45, 2.75) is 46.2 Å². The molecule has 0 saturated carbocycles. The molecule has 0 aliphatic rings. The minimum absolute atomic E-state index is 0.0364. The molecule has 0 spiro atoms. The number of alkyl halides is 2. The van der Waals surface area contributed by atoms with Gasteiger partial charge in [-0.3, -0.25) is 19.1 Å². The highest BCUT2D eigenvalue weighted by molar-refractivity contribution is 7.13. The van der Waals surface area contributed by atoms with Crippen LogP contribution in [0.1, 0.15) is 42.9 Å². The number of amides is 1. The van der Waals surface area contributed by atoms with E-state index in [1.165, 1.54) is 40.0 Å². The Bertz CT molecular complexity index is 1880. The number of fused-ring (bicyclic) bond motifs is 1. The third-order valence-electron chi connectivity index (χ3n) is 6.21. The molecule has 208 valence electrons. The number of anilines is 1. The molecule has 0 unspecified atom stereocenters. The van der Waals surface area contributed by atoms with E-state index in [1.807, 2.05) is 0 Å². The van der Waals surface area contributed by atoms with Gasteiger partial charge in [0, 0.05) is 31.1 Å². The Morgan fingerprint density at radius 2 is 1.98 bits per heavy atom. The molecular formula is C24H23F2N9O4S. The molecule has 0 fully saturated rings. The molecule has 16 heteroatoms. The van der Waals surface area contributed by atoms with Crippen molar-refractivity contribution in [1.29, 1.82) is 0 Å². The van der Waals surface area contributed by atoms with Gasteiger partial charge in [-0.05, 0) is 32.4 Å². The fraction of sp³-hybridized carbons (Fsp3) is 0.333. The molecule has 5 heterocycles. The number of carbonyl (C=O) groups is 1. The van der Waals surface area contributed by atoms with E-state index in [0.29, 0.717) is 22.0 Å². The molecule has 0 aliphatic carbocycles. The number of rotatable bonds is 7. The second-order valence-electron chi connectivity index (χ2n) is 9.27. The van der Waals surface area contributed by atoms with E-state index in [4.69, 9.17) is 4.52 Å². The fourth-order valence-corrected chi connectivity index (χ4v) is 4.97. The van der Waals surface area contributed by atoms with E-state index in [0.717, 1.165) is 11.5 Å². The molecule has 40 heavy (non-hydrogen) atoms. The number of aryl methyl sites for hydroxylation is 3. The maximum Gasteiger partial charge on any atom is 0.332 e. The second kappa shape index (κ2) is 9.86. The molecule has 1 atom stereocenters. The topological polar surface area (TPSA) is 156 Å². The summed E-state index contributed by atoms with van der Waals surface area (Å²) in [7, 11) is 1.46. The monoisotopic (exact) mass is 571 g/mol. The van der Waals surface area contributed by atoms with Gasteiger partial charge in [0.2, 0.25) is 11.8 Å². The summed E-state index contributed by atoms with van der Waals surface area (Å²) in [5, 5.41) is 8.46. The van der Waals surface area contributed by atoms with E-state index in [1.54, 1.807) is 32.2 Å². The first-order valence-electron chi connectivity index (χ1n) is 11.9. The molecule has 1 N–H and O–H groups in total. The Kier molecular flexibility index (Phi) is 6.65. The van der Waals surface area contributed by atoms with Crippen LogP contribution in [0.5, 0.6) is 0 Å². The zero-order valence-corrected chi connectivity index (χ0v) is 22.8. The normalized spacial score (nSPS) is 12.7. The summed E-state index contributed by atoms with van der Waals surface area (Å²) >= 11 is 1.21. The van der Waals surface area contributed by atoms with Crippen LogP contribution in [0, 0.1) is 13.8 Å². The third kappa shape index (κ3) is 4.81. The predicted molar refractivity (Wildman–Crippen MR) is 140 cm³/mol. The van der Waals surface area contributed by atoms with Crippen molar-refractivity contribution in [2.75, 3.05) is 5.32 Å². The highest BCUT2D eigenvalue weighted by Crippen LogP contribution is 2.32. The van der Waals surface area contributed by atoms with E-state index < -0.39 is 29.1 Å². The highest BCUT2D eigenvalue weighted by atomic mass is 32.1. The van der Waals surface area contributed by atoms with Crippen LogP contribution in [0.15, 0.2) is 38.1 Å². The Morgan fingerprint density at radius 3 is 2.62 bits per heavy atom. The van der Waals surface area contributed by atoms with Gasteiger partial charge in [0.05, 0.1) is 6.33 Å². The predicted octanol–water partition coefficient (Wildman–Crippen LogP) is 2.77. The van der Waals surface area contributed by atoms with Gasteiger partial charge in [0.15, 0.2) is 17.0 Å². The van der Waals surface area contributed by atoms with Crippen molar-refractivity contribution in [3.8, 4) is 10.6 Å². The van der Waals surface area contributed by atoms with Crippen molar-refractivity contribution >= 4 is 34.2 Å². The number of hydrogen-bond acceptors (Lipinski definition) is 10. The fourth-order valence-electron chi connectivity index (χ4n) is 4.23. The smallest absolute Gasteiger partial charge is 0.332 e. The van der Waals surface area contributed by atoms with Crippen LogP contribution in [-0.2, 0) is 24.3 Å². The van der Waals surface area contributed by atoms with E-state index >= 15 is 0 Å². The van der Waals surface area contributed by atoms with Crippen molar-refractivity contribution in [1.82, 2.24) is 38.8 Å². The number of hydrogen-bond donors (Lipinski definition) is 1. The molecule has 0 radical (unpaired) electrons.